The zero-order chi connectivity index (χ0) is 16.9. The van der Waals surface area contributed by atoms with Crippen LogP contribution < -0.4 is 0 Å². The van der Waals surface area contributed by atoms with Gasteiger partial charge in [-0.2, -0.15) is 4.80 Å². The Morgan fingerprint density at radius 1 is 1.08 bits per heavy atom. The second kappa shape index (κ2) is 7.48. The Balaban J connectivity index is 1.37. The Kier molecular flexibility index (Phi) is 4.74. The Morgan fingerprint density at radius 2 is 2.00 bits per heavy atom. The third-order valence-corrected chi connectivity index (χ3v) is 4.55. The lowest BCUT2D eigenvalue weighted by atomic mass is 9.98. The lowest BCUT2D eigenvalue weighted by molar-refractivity contribution is 0.149. The Morgan fingerprint density at radius 3 is 2.84 bits per heavy atom. The summed E-state index contributed by atoms with van der Waals surface area (Å²) in [5.74, 6) is 1.18. The normalized spacial score (nSPS) is 18.3. The fourth-order valence-corrected chi connectivity index (χ4v) is 3.35. The zero-order valence-electron chi connectivity index (χ0n) is 14.1. The van der Waals surface area contributed by atoms with Crippen LogP contribution in [-0.2, 0) is 13.1 Å². The topological polar surface area (TPSA) is 72.6 Å². The summed E-state index contributed by atoms with van der Waals surface area (Å²) in [6.07, 6.45) is 9.63. The molecule has 1 saturated heterocycles. The van der Waals surface area contributed by atoms with Crippen LogP contribution in [0.3, 0.4) is 0 Å². The van der Waals surface area contributed by atoms with Crippen molar-refractivity contribution in [3.05, 3.63) is 54.6 Å². The van der Waals surface area contributed by atoms with Crippen molar-refractivity contribution in [2.24, 2.45) is 5.92 Å². The van der Waals surface area contributed by atoms with E-state index < -0.39 is 0 Å². The minimum atomic E-state index is 0.548. The molecule has 0 unspecified atom stereocenters. The Bertz CT molecular complexity index is 787. The van der Waals surface area contributed by atoms with Crippen molar-refractivity contribution in [2.45, 2.75) is 25.9 Å². The van der Waals surface area contributed by atoms with Gasteiger partial charge < -0.3 is 0 Å². The summed E-state index contributed by atoms with van der Waals surface area (Å²) in [7, 11) is 0. The largest absolute Gasteiger partial charge is 0.299 e. The summed E-state index contributed by atoms with van der Waals surface area (Å²) in [6, 6.07) is 8.01. The van der Waals surface area contributed by atoms with Gasteiger partial charge in [0.25, 0.3) is 0 Å². The first-order chi connectivity index (χ1) is 12.4. The quantitative estimate of drug-likeness (QED) is 0.710. The van der Waals surface area contributed by atoms with E-state index in [1.54, 1.807) is 17.2 Å². The number of rotatable bonds is 5. The average Bonchev–Trinajstić information content (AvgIpc) is 3.12. The van der Waals surface area contributed by atoms with Gasteiger partial charge in [-0.25, -0.2) is 0 Å². The van der Waals surface area contributed by atoms with E-state index in [1.165, 1.54) is 18.4 Å². The molecule has 1 fully saturated rings. The van der Waals surface area contributed by atoms with Crippen LogP contribution in [0.4, 0.5) is 0 Å². The predicted octanol–water partition coefficient (Wildman–Crippen LogP) is 2.04. The number of nitrogens with zero attached hydrogens (tertiary/aromatic N) is 7. The van der Waals surface area contributed by atoms with Crippen molar-refractivity contribution in [3.63, 3.8) is 0 Å². The van der Waals surface area contributed by atoms with Gasteiger partial charge in [0.2, 0.25) is 5.82 Å². The van der Waals surface area contributed by atoms with E-state index >= 15 is 0 Å². The summed E-state index contributed by atoms with van der Waals surface area (Å²) in [6.45, 7) is 3.99. The van der Waals surface area contributed by atoms with E-state index in [9.17, 15) is 0 Å². The van der Waals surface area contributed by atoms with Crippen LogP contribution in [0.5, 0.6) is 0 Å². The highest BCUT2D eigenvalue weighted by Gasteiger charge is 2.21. The number of likely N-dealkylation sites (tertiary alicyclic amines) is 1. The molecule has 0 bridgehead atoms. The molecule has 7 nitrogen and oxygen atoms in total. The van der Waals surface area contributed by atoms with Crippen LogP contribution in [-0.4, -0.2) is 48.2 Å². The van der Waals surface area contributed by atoms with E-state index in [2.05, 4.69) is 42.4 Å². The van der Waals surface area contributed by atoms with Crippen LogP contribution in [0.15, 0.2) is 49.1 Å². The molecular weight excluding hydrogens is 314 g/mol. The molecule has 4 heterocycles. The molecule has 1 atom stereocenters. The van der Waals surface area contributed by atoms with E-state index in [0.29, 0.717) is 11.7 Å². The molecule has 1 aliphatic heterocycles. The lowest BCUT2D eigenvalue weighted by Gasteiger charge is -2.32. The number of hydrogen-bond acceptors (Lipinski definition) is 6. The van der Waals surface area contributed by atoms with Crippen LogP contribution in [0, 0.1) is 5.92 Å². The van der Waals surface area contributed by atoms with Crippen LogP contribution >= 0.6 is 0 Å². The third-order valence-electron chi connectivity index (χ3n) is 4.55. The van der Waals surface area contributed by atoms with E-state index in [-0.39, 0.29) is 0 Å². The average molecular weight is 335 g/mol. The molecular formula is C18H21N7. The maximum atomic E-state index is 4.51. The molecule has 0 saturated carbocycles. The standard InChI is InChI=1S/C18H21N7/c1-4-17(11-20-7-1)18-21-23-25(22-18)14-16-3-2-10-24(13-16)12-15-5-8-19-9-6-15/h1,4-9,11,16H,2-3,10,12-14H2/t16-/m1/s1. The predicted molar refractivity (Wildman–Crippen MR) is 93.3 cm³/mol. The molecule has 3 aromatic heterocycles. The minimum absolute atomic E-state index is 0.548. The second-order valence-electron chi connectivity index (χ2n) is 6.51. The van der Waals surface area contributed by atoms with E-state index in [1.807, 2.05) is 24.5 Å². The minimum Gasteiger partial charge on any atom is -0.299 e. The summed E-state index contributed by atoms with van der Waals surface area (Å²) in [5.41, 5.74) is 2.21. The molecule has 128 valence electrons. The summed E-state index contributed by atoms with van der Waals surface area (Å²) >= 11 is 0. The van der Waals surface area contributed by atoms with Gasteiger partial charge in [-0.15, -0.1) is 10.2 Å². The number of aromatic nitrogens is 6. The summed E-state index contributed by atoms with van der Waals surface area (Å²) in [4.78, 5) is 12.4. The first kappa shape index (κ1) is 15.8. The van der Waals surface area contributed by atoms with Crippen molar-refractivity contribution in [2.75, 3.05) is 13.1 Å². The van der Waals surface area contributed by atoms with Crippen molar-refractivity contribution >= 4 is 0 Å². The summed E-state index contributed by atoms with van der Waals surface area (Å²) < 4.78 is 0. The van der Waals surface area contributed by atoms with Gasteiger partial charge in [0.15, 0.2) is 0 Å². The summed E-state index contributed by atoms with van der Waals surface area (Å²) in [5, 5.41) is 12.9. The molecule has 0 radical (unpaired) electrons. The van der Waals surface area contributed by atoms with Gasteiger partial charge in [0.05, 0.1) is 6.54 Å². The molecule has 0 aliphatic carbocycles. The first-order valence-electron chi connectivity index (χ1n) is 8.66. The van der Waals surface area contributed by atoms with E-state index in [4.69, 9.17) is 0 Å². The maximum Gasteiger partial charge on any atom is 0.206 e. The molecule has 1 aliphatic rings. The van der Waals surface area contributed by atoms with Gasteiger partial charge in [-0.05, 0) is 60.3 Å². The van der Waals surface area contributed by atoms with Crippen LogP contribution in [0.2, 0.25) is 0 Å². The Labute approximate surface area is 146 Å². The molecule has 0 aromatic carbocycles. The smallest absolute Gasteiger partial charge is 0.206 e. The van der Waals surface area contributed by atoms with Gasteiger partial charge in [0.1, 0.15) is 0 Å². The highest BCUT2D eigenvalue weighted by Crippen LogP contribution is 2.20. The van der Waals surface area contributed by atoms with E-state index in [0.717, 1.165) is 31.7 Å². The SMILES string of the molecule is c1cncc(-c2nnn(C[C@@H]3CCCN(Cc4ccncc4)C3)n2)c1. The molecule has 0 N–H and O–H groups in total. The van der Waals surface area contributed by atoms with Crippen molar-refractivity contribution in [1.29, 1.82) is 0 Å². The van der Waals surface area contributed by atoms with Crippen molar-refractivity contribution in [3.8, 4) is 11.4 Å². The number of hydrogen-bond donors (Lipinski definition) is 0. The molecule has 0 amide bonds. The van der Waals surface area contributed by atoms with Gasteiger partial charge in [-0.3, -0.25) is 14.9 Å². The highest BCUT2D eigenvalue weighted by molar-refractivity contribution is 5.51. The first-order valence-corrected chi connectivity index (χ1v) is 8.66. The number of tetrazole rings is 1. The molecule has 0 spiro atoms. The fourth-order valence-electron chi connectivity index (χ4n) is 3.35. The van der Waals surface area contributed by atoms with Crippen LogP contribution in [0.1, 0.15) is 18.4 Å². The van der Waals surface area contributed by atoms with Crippen molar-refractivity contribution < 1.29 is 0 Å². The van der Waals surface area contributed by atoms with Gasteiger partial charge in [-0.1, -0.05) is 0 Å². The molecule has 4 rings (SSSR count). The zero-order valence-corrected chi connectivity index (χ0v) is 14.1. The number of pyridine rings is 2. The highest BCUT2D eigenvalue weighted by atomic mass is 15.6. The maximum absolute atomic E-state index is 4.51. The monoisotopic (exact) mass is 335 g/mol. The fraction of sp³-hybridized carbons (Fsp3) is 0.389. The molecule has 7 heteroatoms. The number of piperidine rings is 1. The van der Waals surface area contributed by atoms with Crippen LogP contribution in [0.25, 0.3) is 11.4 Å². The second-order valence-corrected chi connectivity index (χ2v) is 6.51. The van der Waals surface area contributed by atoms with Gasteiger partial charge in [0, 0.05) is 43.4 Å². The molecule has 25 heavy (non-hydrogen) atoms. The van der Waals surface area contributed by atoms with Crippen molar-refractivity contribution in [1.82, 2.24) is 35.1 Å². The molecule has 3 aromatic rings. The third kappa shape index (κ3) is 4.06. The van der Waals surface area contributed by atoms with Gasteiger partial charge >= 0.3 is 0 Å². The lowest BCUT2D eigenvalue weighted by Crippen LogP contribution is -2.36. The Hall–Kier alpha value is -2.67.